The zero-order chi connectivity index (χ0) is 22.2. The summed E-state index contributed by atoms with van der Waals surface area (Å²) in [6, 6.07) is 6.93. The Morgan fingerprint density at radius 2 is 2.10 bits per heavy atom. The fraction of sp³-hybridized carbons (Fsp3) is 0.381. The summed E-state index contributed by atoms with van der Waals surface area (Å²) in [5.41, 5.74) is 1.00. The van der Waals surface area contributed by atoms with Crippen molar-refractivity contribution in [3.8, 4) is 0 Å². The number of anilines is 1. The number of carbonyl (C=O) groups is 2. The minimum Gasteiger partial charge on any atom is -0.444 e. The van der Waals surface area contributed by atoms with E-state index in [2.05, 4.69) is 25.5 Å². The average Bonchev–Trinajstić information content (AvgIpc) is 3.36. The van der Waals surface area contributed by atoms with Crippen LogP contribution < -0.4 is 5.32 Å². The molecule has 0 saturated carbocycles. The largest absolute Gasteiger partial charge is 0.444 e. The van der Waals surface area contributed by atoms with Crippen molar-refractivity contribution in [2.75, 3.05) is 18.4 Å². The van der Waals surface area contributed by atoms with Gasteiger partial charge in [0, 0.05) is 36.3 Å². The van der Waals surface area contributed by atoms with E-state index in [1.807, 2.05) is 20.8 Å². The van der Waals surface area contributed by atoms with E-state index in [0.717, 1.165) is 17.5 Å². The van der Waals surface area contributed by atoms with E-state index in [9.17, 15) is 9.59 Å². The monoisotopic (exact) mass is 442 g/mol. The van der Waals surface area contributed by atoms with E-state index in [4.69, 9.17) is 16.3 Å². The third kappa shape index (κ3) is 4.93. The number of ether oxygens (including phenoxy) is 1. The van der Waals surface area contributed by atoms with Crippen molar-refractivity contribution in [2.24, 2.45) is 0 Å². The van der Waals surface area contributed by atoms with Crippen molar-refractivity contribution in [1.82, 2.24) is 25.1 Å². The van der Waals surface area contributed by atoms with E-state index in [1.54, 1.807) is 29.2 Å². The highest BCUT2D eigenvalue weighted by molar-refractivity contribution is 6.31. The molecule has 1 unspecified atom stereocenters. The number of H-pyrrole nitrogens is 1. The van der Waals surface area contributed by atoms with Gasteiger partial charge in [0.15, 0.2) is 11.3 Å². The van der Waals surface area contributed by atoms with Gasteiger partial charge in [0.2, 0.25) is 0 Å². The third-order valence-corrected chi connectivity index (χ3v) is 5.07. The summed E-state index contributed by atoms with van der Waals surface area (Å²) in [5.74, 6) is 0.0495. The van der Waals surface area contributed by atoms with Gasteiger partial charge in [-0.3, -0.25) is 9.89 Å². The van der Waals surface area contributed by atoms with Gasteiger partial charge in [0.25, 0.3) is 5.91 Å². The number of amides is 2. The molecule has 4 rings (SSSR count). The van der Waals surface area contributed by atoms with Crippen molar-refractivity contribution >= 4 is 40.5 Å². The molecule has 10 heteroatoms. The van der Waals surface area contributed by atoms with Crippen molar-refractivity contribution in [1.29, 1.82) is 0 Å². The van der Waals surface area contributed by atoms with Gasteiger partial charge >= 0.3 is 6.09 Å². The quantitative estimate of drug-likeness (QED) is 0.634. The second-order valence-corrected chi connectivity index (χ2v) is 8.91. The number of nitrogens with zero attached hydrogens (tertiary/aromatic N) is 4. The Labute approximate surface area is 184 Å². The molecule has 3 aromatic rings. The molecule has 31 heavy (non-hydrogen) atoms. The maximum atomic E-state index is 12.6. The molecule has 2 amide bonds. The molecule has 1 saturated heterocycles. The van der Waals surface area contributed by atoms with Gasteiger partial charge in [-0.05, 0) is 51.5 Å². The number of fused-ring (bicyclic) bond motifs is 1. The molecule has 1 atom stereocenters. The molecule has 162 valence electrons. The molecule has 1 fully saturated rings. The summed E-state index contributed by atoms with van der Waals surface area (Å²) >= 11 is 5.93. The van der Waals surface area contributed by atoms with Crippen molar-refractivity contribution < 1.29 is 14.3 Å². The van der Waals surface area contributed by atoms with Crippen LogP contribution in [-0.2, 0) is 4.74 Å². The number of nitrogens with one attached hydrogen (secondary N) is 2. The van der Waals surface area contributed by atoms with Gasteiger partial charge in [-0.15, -0.1) is 0 Å². The Morgan fingerprint density at radius 3 is 2.87 bits per heavy atom. The summed E-state index contributed by atoms with van der Waals surface area (Å²) in [4.78, 5) is 35.0. The maximum Gasteiger partial charge on any atom is 0.410 e. The second kappa shape index (κ2) is 8.14. The zero-order valence-electron chi connectivity index (χ0n) is 17.5. The molecule has 1 aliphatic rings. The first-order valence-corrected chi connectivity index (χ1v) is 10.3. The molecule has 0 bridgehead atoms. The van der Waals surface area contributed by atoms with Gasteiger partial charge in [-0.25, -0.2) is 14.8 Å². The van der Waals surface area contributed by atoms with Crippen LogP contribution in [0.15, 0.2) is 30.5 Å². The highest BCUT2D eigenvalue weighted by Crippen LogP contribution is 2.27. The van der Waals surface area contributed by atoms with Crippen molar-refractivity contribution in [3.63, 3.8) is 0 Å². The van der Waals surface area contributed by atoms with Gasteiger partial charge in [-0.2, -0.15) is 5.10 Å². The zero-order valence-corrected chi connectivity index (χ0v) is 18.2. The predicted octanol–water partition coefficient (Wildman–Crippen LogP) is 3.98. The minimum absolute atomic E-state index is 0.0642. The molecular formula is C21H23ClN6O3. The van der Waals surface area contributed by atoms with E-state index in [0.29, 0.717) is 29.6 Å². The van der Waals surface area contributed by atoms with Crippen molar-refractivity contribution in [3.05, 3.63) is 46.9 Å². The van der Waals surface area contributed by atoms with E-state index in [1.165, 1.54) is 6.20 Å². The summed E-state index contributed by atoms with van der Waals surface area (Å²) in [7, 11) is 0. The van der Waals surface area contributed by atoms with Crippen LogP contribution in [0, 0.1) is 0 Å². The van der Waals surface area contributed by atoms with Gasteiger partial charge in [0.05, 0.1) is 5.02 Å². The summed E-state index contributed by atoms with van der Waals surface area (Å²) in [6.45, 7) is 6.63. The number of rotatable bonds is 3. The number of aromatic amines is 1. The molecule has 1 aliphatic heterocycles. The predicted molar refractivity (Wildman–Crippen MR) is 116 cm³/mol. The number of carbonyl (C=O) groups excluding carboxylic acids is 2. The first kappa shape index (κ1) is 21.0. The van der Waals surface area contributed by atoms with Crippen LogP contribution >= 0.6 is 11.6 Å². The Morgan fingerprint density at radius 1 is 1.29 bits per heavy atom. The van der Waals surface area contributed by atoms with Crippen LogP contribution in [0.1, 0.15) is 49.3 Å². The number of hydrogen-bond donors (Lipinski definition) is 2. The molecule has 9 nitrogen and oxygen atoms in total. The van der Waals surface area contributed by atoms with Gasteiger partial charge < -0.3 is 15.0 Å². The standard InChI is InChI=1S/C21H23ClN6O3/c1-21(2,3)31-20(30)28-7-6-13(11-28)15-9-16(27-26-15)19(29)25-17-5-4-12-8-14(22)10-23-18(12)24-17/h4-5,8-10,13H,6-7,11H2,1-3H3,(H,26,27)(H,23,24,25,29). The lowest BCUT2D eigenvalue weighted by Gasteiger charge is -2.24. The van der Waals surface area contributed by atoms with Crippen LogP contribution in [0.2, 0.25) is 5.02 Å². The van der Waals surface area contributed by atoms with E-state index in [-0.39, 0.29) is 23.6 Å². The molecular weight excluding hydrogens is 420 g/mol. The second-order valence-electron chi connectivity index (χ2n) is 8.47. The smallest absolute Gasteiger partial charge is 0.410 e. The fourth-order valence-electron chi connectivity index (χ4n) is 3.40. The SMILES string of the molecule is CC(C)(C)OC(=O)N1CCC(c2cc(C(=O)Nc3ccc4cc(Cl)cnc4n3)n[nH]2)C1. The fourth-order valence-corrected chi connectivity index (χ4v) is 3.57. The summed E-state index contributed by atoms with van der Waals surface area (Å²) in [6.07, 6.45) is 1.94. The number of likely N-dealkylation sites (tertiary alicyclic amines) is 1. The number of hydrogen-bond acceptors (Lipinski definition) is 6. The summed E-state index contributed by atoms with van der Waals surface area (Å²) < 4.78 is 5.43. The average molecular weight is 443 g/mol. The maximum absolute atomic E-state index is 12.6. The minimum atomic E-state index is -0.535. The van der Waals surface area contributed by atoms with Crippen LogP contribution in [-0.4, -0.2) is 55.8 Å². The Bertz CT molecular complexity index is 1140. The third-order valence-electron chi connectivity index (χ3n) is 4.86. The molecule has 2 N–H and O–H groups in total. The molecule has 3 aromatic heterocycles. The lowest BCUT2D eigenvalue weighted by molar-refractivity contribution is 0.0292. The molecule has 0 aliphatic carbocycles. The normalized spacial score (nSPS) is 16.5. The Hall–Kier alpha value is -3.20. The number of pyridine rings is 2. The molecule has 4 heterocycles. The van der Waals surface area contributed by atoms with Crippen LogP contribution in [0.3, 0.4) is 0 Å². The first-order chi connectivity index (χ1) is 14.7. The Kier molecular flexibility index (Phi) is 5.53. The highest BCUT2D eigenvalue weighted by Gasteiger charge is 2.31. The van der Waals surface area contributed by atoms with Gasteiger partial charge in [0.1, 0.15) is 11.4 Å². The summed E-state index contributed by atoms with van der Waals surface area (Å²) in [5, 5.41) is 11.1. The van der Waals surface area contributed by atoms with Crippen LogP contribution in [0.5, 0.6) is 0 Å². The topological polar surface area (TPSA) is 113 Å². The lowest BCUT2D eigenvalue weighted by atomic mass is 10.1. The molecule has 0 radical (unpaired) electrons. The van der Waals surface area contributed by atoms with Crippen molar-refractivity contribution in [2.45, 2.75) is 38.7 Å². The van der Waals surface area contributed by atoms with Crippen LogP contribution in [0.25, 0.3) is 11.0 Å². The molecule has 0 aromatic carbocycles. The van der Waals surface area contributed by atoms with Crippen LogP contribution in [0.4, 0.5) is 10.6 Å². The number of halogens is 1. The van der Waals surface area contributed by atoms with E-state index < -0.39 is 5.60 Å². The van der Waals surface area contributed by atoms with E-state index >= 15 is 0 Å². The first-order valence-electron chi connectivity index (χ1n) is 9.95. The Balaban J connectivity index is 1.40. The lowest BCUT2D eigenvalue weighted by Crippen LogP contribution is -2.35. The molecule has 0 spiro atoms. The number of aromatic nitrogens is 4. The van der Waals surface area contributed by atoms with Gasteiger partial charge in [-0.1, -0.05) is 11.6 Å². The highest BCUT2D eigenvalue weighted by atomic mass is 35.5.